The molecule has 0 saturated carbocycles. The standard InChI is InChI=1S/C18H22N4O4/c1-3-26-18(23)15-9-19-22(10-15)12-16-11-21-6-4-5-14(17(21)20-16)13-25-8-7-24-2/h4-6,9-11H,3,7-8,12-13H2,1-2H3. The Morgan fingerprint density at radius 3 is 2.96 bits per heavy atom. The predicted molar refractivity (Wildman–Crippen MR) is 94.0 cm³/mol. The molecular formula is C18H22N4O4. The molecule has 3 aromatic heterocycles. The number of carbonyl (C=O) groups is 1. The maximum Gasteiger partial charge on any atom is 0.341 e. The molecule has 3 aromatic rings. The van der Waals surface area contributed by atoms with Crippen molar-refractivity contribution in [2.45, 2.75) is 20.1 Å². The van der Waals surface area contributed by atoms with Crippen LogP contribution in [0.5, 0.6) is 0 Å². The van der Waals surface area contributed by atoms with Crippen LogP contribution in [0, 0.1) is 0 Å². The van der Waals surface area contributed by atoms with E-state index in [2.05, 4.69) is 10.1 Å². The van der Waals surface area contributed by atoms with Crippen molar-refractivity contribution < 1.29 is 19.0 Å². The summed E-state index contributed by atoms with van der Waals surface area (Å²) in [5.41, 5.74) is 3.12. The SMILES string of the molecule is CCOC(=O)c1cnn(Cc2cn3cccc(COCCOC)c3n2)c1. The average Bonchev–Trinajstić information content (AvgIpc) is 3.26. The van der Waals surface area contributed by atoms with Gasteiger partial charge in [-0.2, -0.15) is 5.10 Å². The van der Waals surface area contributed by atoms with Gasteiger partial charge in [0.15, 0.2) is 0 Å². The molecule has 0 aliphatic carbocycles. The molecule has 0 N–H and O–H groups in total. The first kappa shape index (κ1) is 18.1. The van der Waals surface area contributed by atoms with Crippen LogP contribution in [0.25, 0.3) is 5.65 Å². The first-order valence-electron chi connectivity index (χ1n) is 8.43. The van der Waals surface area contributed by atoms with Crippen LogP contribution in [0.2, 0.25) is 0 Å². The summed E-state index contributed by atoms with van der Waals surface area (Å²) in [4.78, 5) is 16.4. The highest BCUT2D eigenvalue weighted by atomic mass is 16.5. The molecular weight excluding hydrogens is 336 g/mol. The van der Waals surface area contributed by atoms with Gasteiger partial charge in [-0.25, -0.2) is 9.78 Å². The smallest absolute Gasteiger partial charge is 0.341 e. The molecule has 0 unspecified atom stereocenters. The Kier molecular flexibility index (Phi) is 5.98. The maximum atomic E-state index is 11.7. The summed E-state index contributed by atoms with van der Waals surface area (Å²) >= 11 is 0. The van der Waals surface area contributed by atoms with Crippen LogP contribution >= 0.6 is 0 Å². The van der Waals surface area contributed by atoms with Gasteiger partial charge < -0.3 is 18.6 Å². The maximum absolute atomic E-state index is 11.7. The molecule has 0 saturated heterocycles. The minimum absolute atomic E-state index is 0.339. The van der Waals surface area contributed by atoms with E-state index in [1.807, 2.05) is 28.9 Å². The largest absolute Gasteiger partial charge is 0.462 e. The van der Waals surface area contributed by atoms with Gasteiger partial charge in [0.25, 0.3) is 0 Å². The molecule has 0 atom stereocenters. The third-order valence-corrected chi connectivity index (χ3v) is 3.77. The van der Waals surface area contributed by atoms with E-state index >= 15 is 0 Å². The second-order valence-electron chi connectivity index (χ2n) is 5.69. The number of fused-ring (bicyclic) bond motifs is 1. The van der Waals surface area contributed by atoms with E-state index in [0.717, 1.165) is 16.9 Å². The molecule has 3 heterocycles. The Hall–Kier alpha value is -2.71. The van der Waals surface area contributed by atoms with Gasteiger partial charge in [0.2, 0.25) is 0 Å². The molecule has 8 nitrogen and oxygen atoms in total. The van der Waals surface area contributed by atoms with Gasteiger partial charge >= 0.3 is 5.97 Å². The number of ether oxygens (including phenoxy) is 3. The lowest BCUT2D eigenvalue weighted by Crippen LogP contribution is -2.04. The number of rotatable bonds is 9. The summed E-state index contributed by atoms with van der Waals surface area (Å²) in [6, 6.07) is 3.95. The number of esters is 1. The molecule has 0 radical (unpaired) electrons. The number of imidazole rings is 1. The Morgan fingerprint density at radius 2 is 2.15 bits per heavy atom. The summed E-state index contributed by atoms with van der Waals surface area (Å²) in [5.74, 6) is -0.371. The van der Waals surface area contributed by atoms with Crippen LogP contribution in [0.1, 0.15) is 28.5 Å². The molecule has 0 amide bonds. The van der Waals surface area contributed by atoms with E-state index in [4.69, 9.17) is 14.2 Å². The van der Waals surface area contributed by atoms with E-state index in [0.29, 0.717) is 38.5 Å². The molecule has 0 aliphatic heterocycles. The molecule has 26 heavy (non-hydrogen) atoms. The first-order chi connectivity index (χ1) is 12.7. The summed E-state index contributed by atoms with van der Waals surface area (Å²) in [6.45, 7) is 4.14. The summed E-state index contributed by atoms with van der Waals surface area (Å²) in [6.07, 6.45) is 7.05. The van der Waals surface area contributed by atoms with Crippen molar-refractivity contribution in [1.29, 1.82) is 0 Å². The van der Waals surface area contributed by atoms with Crippen molar-refractivity contribution in [3.63, 3.8) is 0 Å². The van der Waals surface area contributed by atoms with Crippen molar-refractivity contribution in [2.24, 2.45) is 0 Å². The highest BCUT2D eigenvalue weighted by molar-refractivity contribution is 5.88. The first-order valence-corrected chi connectivity index (χ1v) is 8.43. The fourth-order valence-corrected chi connectivity index (χ4v) is 2.57. The third kappa shape index (κ3) is 4.27. The second-order valence-corrected chi connectivity index (χ2v) is 5.69. The minimum Gasteiger partial charge on any atom is -0.462 e. The van der Waals surface area contributed by atoms with E-state index in [9.17, 15) is 4.79 Å². The van der Waals surface area contributed by atoms with Crippen LogP contribution in [0.15, 0.2) is 36.9 Å². The quantitative estimate of drug-likeness (QED) is 0.429. The van der Waals surface area contributed by atoms with Crippen LogP contribution in [0.4, 0.5) is 0 Å². The van der Waals surface area contributed by atoms with Crippen molar-refractivity contribution in [3.8, 4) is 0 Å². The lowest BCUT2D eigenvalue weighted by atomic mass is 10.3. The van der Waals surface area contributed by atoms with E-state index < -0.39 is 0 Å². The Bertz CT molecular complexity index is 871. The number of hydrogen-bond donors (Lipinski definition) is 0. The zero-order valence-corrected chi connectivity index (χ0v) is 14.9. The van der Waals surface area contributed by atoms with Crippen molar-refractivity contribution in [1.82, 2.24) is 19.2 Å². The van der Waals surface area contributed by atoms with Crippen molar-refractivity contribution >= 4 is 11.6 Å². The summed E-state index contributed by atoms with van der Waals surface area (Å²) < 4.78 is 19.2. The molecule has 0 bridgehead atoms. The third-order valence-electron chi connectivity index (χ3n) is 3.77. The second kappa shape index (κ2) is 8.59. The minimum atomic E-state index is -0.371. The summed E-state index contributed by atoms with van der Waals surface area (Å²) in [5, 5.41) is 4.21. The van der Waals surface area contributed by atoms with Gasteiger partial charge in [-0.1, -0.05) is 6.07 Å². The van der Waals surface area contributed by atoms with Gasteiger partial charge in [-0.15, -0.1) is 0 Å². The van der Waals surface area contributed by atoms with Crippen molar-refractivity contribution in [2.75, 3.05) is 26.9 Å². The predicted octanol–water partition coefficient (Wildman–Crippen LogP) is 1.92. The number of aromatic nitrogens is 4. The Morgan fingerprint density at radius 1 is 1.27 bits per heavy atom. The fraction of sp³-hybridized carbons (Fsp3) is 0.389. The topological polar surface area (TPSA) is 79.9 Å². The van der Waals surface area contributed by atoms with E-state index in [-0.39, 0.29) is 5.97 Å². The van der Waals surface area contributed by atoms with Crippen LogP contribution < -0.4 is 0 Å². The number of methoxy groups -OCH3 is 1. The molecule has 3 rings (SSSR count). The molecule has 8 heteroatoms. The van der Waals surface area contributed by atoms with E-state index in [1.54, 1.807) is 24.9 Å². The van der Waals surface area contributed by atoms with Crippen LogP contribution in [-0.4, -0.2) is 52.1 Å². The molecule has 0 aliphatic rings. The Labute approximate surface area is 151 Å². The van der Waals surface area contributed by atoms with Gasteiger partial charge in [-0.05, 0) is 13.0 Å². The fourth-order valence-electron chi connectivity index (χ4n) is 2.57. The monoisotopic (exact) mass is 358 g/mol. The number of nitrogens with zero attached hydrogens (tertiary/aromatic N) is 4. The number of pyridine rings is 1. The lowest BCUT2D eigenvalue weighted by molar-refractivity contribution is 0.0526. The molecule has 0 fully saturated rings. The van der Waals surface area contributed by atoms with Gasteiger partial charge in [0, 0.05) is 31.3 Å². The number of hydrogen-bond acceptors (Lipinski definition) is 6. The zero-order chi connectivity index (χ0) is 18.4. The lowest BCUT2D eigenvalue weighted by Gasteiger charge is -2.04. The highest BCUT2D eigenvalue weighted by Crippen LogP contribution is 2.13. The van der Waals surface area contributed by atoms with Crippen LogP contribution in [0.3, 0.4) is 0 Å². The van der Waals surface area contributed by atoms with Gasteiger partial charge in [-0.3, -0.25) is 4.68 Å². The average molecular weight is 358 g/mol. The van der Waals surface area contributed by atoms with E-state index in [1.165, 1.54) is 6.20 Å². The normalized spacial score (nSPS) is 11.2. The molecule has 0 aromatic carbocycles. The zero-order valence-electron chi connectivity index (χ0n) is 14.9. The summed E-state index contributed by atoms with van der Waals surface area (Å²) in [7, 11) is 1.65. The molecule has 0 spiro atoms. The van der Waals surface area contributed by atoms with Crippen molar-refractivity contribution in [3.05, 3.63) is 53.7 Å². The van der Waals surface area contributed by atoms with Crippen LogP contribution in [-0.2, 0) is 27.4 Å². The molecule has 138 valence electrons. The van der Waals surface area contributed by atoms with Gasteiger partial charge in [0.05, 0.1) is 50.4 Å². The highest BCUT2D eigenvalue weighted by Gasteiger charge is 2.11. The Balaban J connectivity index is 1.72. The van der Waals surface area contributed by atoms with Gasteiger partial charge in [0.1, 0.15) is 5.65 Å². The number of carbonyl (C=O) groups excluding carboxylic acids is 1.